The van der Waals surface area contributed by atoms with Gasteiger partial charge in [-0.25, -0.2) is 15.0 Å². The molecule has 0 fully saturated rings. The Bertz CT molecular complexity index is 819. The van der Waals surface area contributed by atoms with Gasteiger partial charge in [0.2, 0.25) is 5.95 Å². The molecule has 3 rings (SSSR count). The third-order valence-corrected chi connectivity index (χ3v) is 4.35. The fourth-order valence-electron chi connectivity index (χ4n) is 2.10. The van der Waals surface area contributed by atoms with E-state index in [-0.39, 0.29) is 19.0 Å². The molecule has 6 nitrogen and oxygen atoms in total. The number of carbonyl (C=O) groups is 1. The summed E-state index contributed by atoms with van der Waals surface area (Å²) in [6, 6.07) is 9.93. The normalized spacial score (nSPS) is 10.4. The van der Waals surface area contributed by atoms with Crippen LogP contribution in [0.1, 0.15) is 17.7 Å². The van der Waals surface area contributed by atoms with Gasteiger partial charge in [-0.15, -0.1) is 11.3 Å². The molecule has 0 saturated carbocycles. The molecule has 0 aliphatic rings. The van der Waals surface area contributed by atoms with Gasteiger partial charge >= 0.3 is 5.97 Å². The van der Waals surface area contributed by atoms with Gasteiger partial charge in [0, 0.05) is 29.9 Å². The van der Waals surface area contributed by atoms with Crippen molar-refractivity contribution in [2.45, 2.75) is 20.0 Å². The summed E-state index contributed by atoms with van der Waals surface area (Å²) in [5.41, 5.74) is 3.04. The topological polar surface area (TPSA) is 77.0 Å². The molecule has 7 heteroatoms. The highest BCUT2D eigenvalue weighted by Crippen LogP contribution is 2.24. The molecule has 0 bridgehead atoms. The van der Waals surface area contributed by atoms with Crippen LogP contribution in [0.3, 0.4) is 0 Å². The second-order valence-electron chi connectivity index (χ2n) is 5.42. The average Bonchev–Trinajstić information content (AvgIpc) is 3.10. The Hall–Kier alpha value is -2.80. The van der Waals surface area contributed by atoms with Gasteiger partial charge in [-0.2, -0.15) is 0 Å². The summed E-state index contributed by atoms with van der Waals surface area (Å²) in [5, 5.41) is 5.81. The maximum Gasteiger partial charge on any atom is 0.307 e. The number of anilines is 1. The second kappa shape index (κ2) is 8.34. The van der Waals surface area contributed by atoms with Crippen LogP contribution in [0.4, 0.5) is 5.95 Å². The van der Waals surface area contributed by atoms with Crippen molar-refractivity contribution in [1.82, 2.24) is 15.0 Å². The smallest absolute Gasteiger partial charge is 0.307 e. The fourth-order valence-corrected chi connectivity index (χ4v) is 2.91. The first-order valence-corrected chi connectivity index (χ1v) is 8.76. The van der Waals surface area contributed by atoms with Crippen LogP contribution in [0, 0.1) is 6.92 Å². The van der Waals surface area contributed by atoms with E-state index >= 15 is 0 Å². The highest BCUT2D eigenvalue weighted by molar-refractivity contribution is 7.13. The monoisotopic (exact) mass is 354 g/mol. The van der Waals surface area contributed by atoms with Crippen molar-refractivity contribution < 1.29 is 9.53 Å². The summed E-state index contributed by atoms with van der Waals surface area (Å²) in [5.74, 6) is 0.214. The predicted octanol–water partition coefficient (Wildman–Crippen LogP) is 3.45. The molecule has 0 unspecified atom stereocenters. The van der Waals surface area contributed by atoms with E-state index in [1.165, 1.54) is 5.56 Å². The summed E-state index contributed by atoms with van der Waals surface area (Å²) >= 11 is 1.54. The number of hydrogen-bond acceptors (Lipinski definition) is 7. The predicted molar refractivity (Wildman–Crippen MR) is 97.2 cm³/mol. The lowest BCUT2D eigenvalue weighted by Gasteiger charge is -2.04. The van der Waals surface area contributed by atoms with Gasteiger partial charge in [-0.1, -0.05) is 29.8 Å². The third kappa shape index (κ3) is 5.09. The van der Waals surface area contributed by atoms with Crippen LogP contribution in [0.15, 0.2) is 48.1 Å². The minimum atomic E-state index is -0.284. The molecule has 0 aliphatic carbocycles. The quantitative estimate of drug-likeness (QED) is 0.655. The van der Waals surface area contributed by atoms with Crippen molar-refractivity contribution in [3.05, 3.63) is 59.4 Å². The molecule has 0 amide bonds. The number of aryl methyl sites for hydroxylation is 1. The molecule has 0 saturated heterocycles. The summed E-state index contributed by atoms with van der Waals surface area (Å²) in [6.45, 7) is 2.66. The van der Waals surface area contributed by atoms with E-state index in [1.807, 2.05) is 17.5 Å². The SMILES string of the molecule is Cc1ccc(-c2nc(COC(=O)CCNc3ncccn3)cs2)cc1. The van der Waals surface area contributed by atoms with Gasteiger partial charge in [0.15, 0.2) is 0 Å². The first-order chi connectivity index (χ1) is 12.2. The molecule has 25 heavy (non-hydrogen) atoms. The molecule has 2 heterocycles. The van der Waals surface area contributed by atoms with E-state index in [4.69, 9.17) is 4.74 Å². The molecule has 3 aromatic rings. The standard InChI is InChI=1S/C18H18N4O2S/c1-13-3-5-14(6-4-13)17-22-15(12-25-17)11-24-16(23)7-10-21-18-19-8-2-9-20-18/h2-6,8-9,12H,7,10-11H2,1H3,(H,19,20,21). The molecule has 0 atom stereocenters. The maximum absolute atomic E-state index is 11.8. The molecule has 1 aromatic carbocycles. The van der Waals surface area contributed by atoms with Gasteiger partial charge in [0.1, 0.15) is 11.6 Å². The van der Waals surface area contributed by atoms with Crippen molar-refractivity contribution in [2.24, 2.45) is 0 Å². The van der Waals surface area contributed by atoms with E-state index in [0.29, 0.717) is 12.5 Å². The molecule has 2 aromatic heterocycles. The van der Waals surface area contributed by atoms with Gasteiger partial charge in [-0.3, -0.25) is 4.79 Å². The Balaban J connectivity index is 1.44. The van der Waals surface area contributed by atoms with Crippen molar-refractivity contribution in [3.8, 4) is 10.6 Å². The zero-order valence-electron chi connectivity index (χ0n) is 13.8. The van der Waals surface area contributed by atoms with Crippen molar-refractivity contribution in [3.63, 3.8) is 0 Å². The van der Waals surface area contributed by atoms with E-state index in [1.54, 1.807) is 29.8 Å². The highest BCUT2D eigenvalue weighted by Gasteiger charge is 2.08. The van der Waals surface area contributed by atoms with Gasteiger partial charge in [0.25, 0.3) is 0 Å². The number of thiazole rings is 1. The number of ether oxygens (including phenoxy) is 1. The summed E-state index contributed by atoms with van der Waals surface area (Å²) in [7, 11) is 0. The van der Waals surface area contributed by atoms with Crippen LogP contribution in [-0.2, 0) is 16.1 Å². The van der Waals surface area contributed by atoms with Gasteiger partial charge in [-0.05, 0) is 13.0 Å². The number of carbonyl (C=O) groups excluding carboxylic acids is 1. The number of rotatable bonds is 7. The van der Waals surface area contributed by atoms with Crippen LogP contribution in [-0.4, -0.2) is 27.5 Å². The lowest BCUT2D eigenvalue weighted by atomic mass is 10.2. The molecule has 0 radical (unpaired) electrons. The highest BCUT2D eigenvalue weighted by atomic mass is 32.1. The van der Waals surface area contributed by atoms with Crippen LogP contribution < -0.4 is 5.32 Å². The number of nitrogens with zero attached hydrogens (tertiary/aromatic N) is 3. The second-order valence-corrected chi connectivity index (χ2v) is 6.28. The Morgan fingerprint density at radius 3 is 2.72 bits per heavy atom. The van der Waals surface area contributed by atoms with Crippen LogP contribution in [0.5, 0.6) is 0 Å². The van der Waals surface area contributed by atoms with Crippen molar-refractivity contribution in [1.29, 1.82) is 0 Å². The minimum absolute atomic E-state index is 0.184. The third-order valence-electron chi connectivity index (χ3n) is 3.41. The minimum Gasteiger partial charge on any atom is -0.459 e. The lowest BCUT2D eigenvalue weighted by Crippen LogP contribution is -2.12. The molecule has 1 N–H and O–H groups in total. The zero-order chi connectivity index (χ0) is 17.5. The van der Waals surface area contributed by atoms with Crippen molar-refractivity contribution in [2.75, 3.05) is 11.9 Å². The Labute approximate surface area is 149 Å². The van der Waals surface area contributed by atoms with E-state index in [0.717, 1.165) is 16.3 Å². The summed E-state index contributed by atoms with van der Waals surface area (Å²) in [6.07, 6.45) is 3.52. The number of hydrogen-bond donors (Lipinski definition) is 1. The number of benzene rings is 1. The average molecular weight is 354 g/mol. The summed E-state index contributed by atoms with van der Waals surface area (Å²) in [4.78, 5) is 24.4. The van der Waals surface area contributed by atoms with Crippen molar-refractivity contribution >= 4 is 23.3 Å². The molecular formula is C18H18N4O2S. The first kappa shape index (κ1) is 17.0. The largest absolute Gasteiger partial charge is 0.459 e. The van der Waals surface area contributed by atoms with Gasteiger partial charge < -0.3 is 10.1 Å². The lowest BCUT2D eigenvalue weighted by molar-refractivity contribution is -0.144. The Morgan fingerprint density at radius 1 is 1.20 bits per heavy atom. The van der Waals surface area contributed by atoms with Gasteiger partial charge in [0.05, 0.1) is 12.1 Å². The van der Waals surface area contributed by atoms with Crippen LogP contribution >= 0.6 is 11.3 Å². The first-order valence-electron chi connectivity index (χ1n) is 7.88. The number of esters is 1. The maximum atomic E-state index is 11.8. The van der Waals surface area contributed by atoms with Crippen LogP contribution in [0.2, 0.25) is 0 Å². The van der Waals surface area contributed by atoms with Crippen LogP contribution in [0.25, 0.3) is 10.6 Å². The zero-order valence-corrected chi connectivity index (χ0v) is 14.6. The number of aromatic nitrogens is 3. The van der Waals surface area contributed by atoms with E-state index in [9.17, 15) is 4.79 Å². The fraction of sp³-hybridized carbons (Fsp3) is 0.222. The molecule has 0 aliphatic heterocycles. The molecule has 0 spiro atoms. The summed E-state index contributed by atoms with van der Waals surface area (Å²) < 4.78 is 5.26. The van der Waals surface area contributed by atoms with E-state index < -0.39 is 0 Å². The van der Waals surface area contributed by atoms with E-state index in [2.05, 4.69) is 39.3 Å². The molecule has 128 valence electrons. The number of nitrogens with one attached hydrogen (secondary N) is 1. The Morgan fingerprint density at radius 2 is 1.96 bits per heavy atom. The Kier molecular flexibility index (Phi) is 5.69. The molecular weight excluding hydrogens is 336 g/mol.